The molecular formula is C16H13Cl2N5O. The van der Waals surface area contributed by atoms with Gasteiger partial charge in [0.1, 0.15) is 6.54 Å². The molecule has 1 N–H and O–H groups in total. The highest BCUT2D eigenvalue weighted by atomic mass is 35.5. The number of tetrazole rings is 1. The minimum atomic E-state index is -0.326. The van der Waals surface area contributed by atoms with Crippen molar-refractivity contribution in [2.24, 2.45) is 0 Å². The molecule has 122 valence electrons. The Labute approximate surface area is 148 Å². The second-order valence-corrected chi connectivity index (χ2v) is 5.97. The van der Waals surface area contributed by atoms with Crippen molar-refractivity contribution < 1.29 is 4.79 Å². The number of halogens is 2. The van der Waals surface area contributed by atoms with E-state index in [4.69, 9.17) is 23.2 Å². The van der Waals surface area contributed by atoms with Crippen LogP contribution in [0.5, 0.6) is 0 Å². The van der Waals surface area contributed by atoms with Crippen LogP contribution in [0.15, 0.2) is 42.5 Å². The molecule has 0 saturated heterocycles. The predicted octanol–water partition coefficient (Wildman–Crippen LogP) is 3.59. The van der Waals surface area contributed by atoms with Gasteiger partial charge in [-0.25, -0.2) is 0 Å². The van der Waals surface area contributed by atoms with Crippen LogP contribution in [-0.4, -0.2) is 26.1 Å². The van der Waals surface area contributed by atoms with Gasteiger partial charge in [-0.05, 0) is 35.9 Å². The fourth-order valence-electron chi connectivity index (χ4n) is 2.15. The minimum absolute atomic E-state index is 0.0816. The molecular weight excluding hydrogens is 349 g/mol. The first-order chi connectivity index (χ1) is 11.5. The first-order valence-corrected chi connectivity index (χ1v) is 7.87. The van der Waals surface area contributed by atoms with Crippen molar-refractivity contribution in [3.05, 3.63) is 58.1 Å². The summed E-state index contributed by atoms with van der Waals surface area (Å²) in [5, 5.41) is 15.7. The molecule has 0 atom stereocenters. The van der Waals surface area contributed by atoms with Crippen molar-refractivity contribution in [2.75, 3.05) is 5.32 Å². The number of nitrogens with zero attached hydrogens (tertiary/aromatic N) is 4. The van der Waals surface area contributed by atoms with E-state index >= 15 is 0 Å². The number of carbonyl (C=O) groups is 1. The maximum atomic E-state index is 12.1. The third-order valence-corrected chi connectivity index (χ3v) is 3.89. The smallest absolute Gasteiger partial charge is 0.248 e. The number of carbonyl (C=O) groups excluding carboxylic acids is 1. The average Bonchev–Trinajstić information content (AvgIpc) is 2.99. The number of benzene rings is 2. The average molecular weight is 362 g/mol. The molecule has 0 aliphatic rings. The fourth-order valence-corrected chi connectivity index (χ4v) is 2.49. The second kappa shape index (κ2) is 6.98. The lowest BCUT2D eigenvalue weighted by atomic mass is 10.1. The second-order valence-electron chi connectivity index (χ2n) is 5.13. The molecule has 0 fully saturated rings. The SMILES string of the molecule is Cc1ccccc1-c1nnn(CC(=O)Nc2cc(Cl)ccc2Cl)n1. The quantitative estimate of drug-likeness (QED) is 0.770. The zero-order chi connectivity index (χ0) is 17.1. The van der Waals surface area contributed by atoms with E-state index in [1.807, 2.05) is 31.2 Å². The van der Waals surface area contributed by atoms with Crippen LogP contribution < -0.4 is 5.32 Å². The maximum absolute atomic E-state index is 12.1. The van der Waals surface area contributed by atoms with E-state index in [1.54, 1.807) is 18.2 Å². The minimum Gasteiger partial charge on any atom is -0.323 e. The van der Waals surface area contributed by atoms with Gasteiger partial charge < -0.3 is 5.32 Å². The summed E-state index contributed by atoms with van der Waals surface area (Å²) in [5.41, 5.74) is 2.35. The van der Waals surface area contributed by atoms with Gasteiger partial charge in [-0.1, -0.05) is 47.5 Å². The number of hydrogen-bond acceptors (Lipinski definition) is 4. The number of amides is 1. The maximum Gasteiger partial charge on any atom is 0.248 e. The van der Waals surface area contributed by atoms with E-state index < -0.39 is 0 Å². The molecule has 3 aromatic rings. The molecule has 0 spiro atoms. The molecule has 8 heteroatoms. The summed E-state index contributed by atoms with van der Waals surface area (Å²) in [6.45, 7) is 1.88. The molecule has 0 bridgehead atoms. The van der Waals surface area contributed by atoms with Crippen LogP contribution in [0.1, 0.15) is 5.56 Å². The molecule has 0 aliphatic carbocycles. The number of rotatable bonds is 4. The third kappa shape index (κ3) is 3.72. The van der Waals surface area contributed by atoms with Crippen LogP contribution in [0.4, 0.5) is 5.69 Å². The Morgan fingerprint density at radius 2 is 2.00 bits per heavy atom. The van der Waals surface area contributed by atoms with Crippen LogP contribution in [0, 0.1) is 6.92 Å². The molecule has 0 radical (unpaired) electrons. The van der Waals surface area contributed by atoms with Gasteiger partial charge in [-0.15, -0.1) is 10.2 Å². The highest BCUT2D eigenvalue weighted by Gasteiger charge is 2.12. The van der Waals surface area contributed by atoms with E-state index in [0.29, 0.717) is 21.6 Å². The molecule has 0 unspecified atom stereocenters. The van der Waals surface area contributed by atoms with Gasteiger partial charge in [-0.2, -0.15) is 4.80 Å². The van der Waals surface area contributed by atoms with E-state index in [9.17, 15) is 4.79 Å². The van der Waals surface area contributed by atoms with Crippen LogP contribution in [0.25, 0.3) is 11.4 Å². The monoisotopic (exact) mass is 361 g/mol. The van der Waals surface area contributed by atoms with Crippen molar-refractivity contribution >= 4 is 34.8 Å². The molecule has 0 saturated carbocycles. The Morgan fingerprint density at radius 1 is 1.21 bits per heavy atom. The van der Waals surface area contributed by atoms with Crippen LogP contribution in [0.2, 0.25) is 10.0 Å². The van der Waals surface area contributed by atoms with Gasteiger partial charge in [0.2, 0.25) is 11.7 Å². The lowest BCUT2D eigenvalue weighted by Crippen LogP contribution is -2.20. The Morgan fingerprint density at radius 3 is 2.79 bits per heavy atom. The first kappa shape index (κ1) is 16.4. The number of aromatic nitrogens is 4. The Balaban J connectivity index is 1.72. The van der Waals surface area contributed by atoms with Gasteiger partial charge in [-0.3, -0.25) is 4.79 Å². The molecule has 1 amide bonds. The molecule has 3 rings (SSSR count). The lowest BCUT2D eigenvalue weighted by Gasteiger charge is -2.06. The number of nitrogens with one attached hydrogen (secondary N) is 1. The number of anilines is 1. The third-order valence-electron chi connectivity index (χ3n) is 3.33. The topological polar surface area (TPSA) is 72.7 Å². The van der Waals surface area contributed by atoms with Crippen LogP contribution in [0.3, 0.4) is 0 Å². The van der Waals surface area contributed by atoms with Gasteiger partial charge in [0.15, 0.2) is 0 Å². The molecule has 24 heavy (non-hydrogen) atoms. The summed E-state index contributed by atoms with van der Waals surface area (Å²) >= 11 is 11.9. The summed E-state index contributed by atoms with van der Waals surface area (Å²) in [5.74, 6) is 0.148. The van der Waals surface area contributed by atoms with Gasteiger partial charge >= 0.3 is 0 Å². The Hall–Kier alpha value is -2.44. The summed E-state index contributed by atoms with van der Waals surface area (Å²) in [6.07, 6.45) is 0. The predicted molar refractivity (Wildman–Crippen MR) is 93.1 cm³/mol. The molecule has 6 nitrogen and oxygen atoms in total. The van der Waals surface area contributed by atoms with Crippen molar-refractivity contribution in [3.8, 4) is 11.4 Å². The normalized spacial score (nSPS) is 10.6. The van der Waals surface area contributed by atoms with Crippen molar-refractivity contribution in [2.45, 2.75) is 13.5 Å². The van der Waals surface area contributed by atoms with Gasteiger partial charge in [0.05, 0.1) is 10.7 Å². The summed E-state index contributed by atoms with van der Waals surface area (Å²) in [7, 11) is 0. The van der Waals surface area contributed by atoms with Crippen molar-refractivity contribution in [3.63, 3.8) is 0 Å². The summed E-state index contributed by atoms with van der Waals surface area (Å²) in [6, 6.07) is 12.5. The molecule has 2 aromatic carbocycles. The first-order valence-electron chi connectivity index (χ1n) is 7.11. The molecule has 0 aliphatic heterocycles. The van der Waals surface area contributed by atoms with Crippen LogP contribution in [-0.2, 0) is 11.3 Å². The molecule has 1 heterocycles. The fraction of sp³-hybridized carbons (Fsp3) is 0.125. The highest BCUT2D eigenvalue weighted by molar-refractivity contribution is 6.35. The highest BCUT2D eigenvalue weighted by Crippen LogP contribution is 2.25. The molecule has 1 aromatic heterocycles. The van der Waals surface area contributed by atoms with Crippen LogP contribution >= 0.6 is 23.2 Å². The van der Waals surface area contributed by atoms with Gasteiger partial charge in [0, 0.05) is 10.6 Å². The van der Waals surface area contributed by atoms with E-state index in [2.05, 4.69) is 20.7 Å². The Kier molecular flexibility index (Phi) is 4.78. The largest absolute Gasteiger partial charge is 0.323 e. The van der Waals surface area contributed by atoms with E-state index in [0.717, 1.165) is 11.1 Å². The zero-order valence-corrected chi connectivity index (χ0v) is 14.2. The van der Waals surface area contributed by atoms with Crippen molar-refractivity contribution in [1.29, 1.82) is 0 Å². The van der Waals surface area contributed by atoms with Crippen molar-refractivity contribution in [1.82, 2.24) is 20.2 Å². The summed E-state index contributed by atoms with van der Waals surface area (Å²) in [4.78, 5) is 13.3. The number of aryl methyl sites for hydroxylation is 1. The zero-order valence-electron chi connectivity index (χ0n) is 12.7. The standard InChI is InChI=1S/C16H13Cl2N5O/c1-10-4-2-3-5-12(10)16-20-22-23(21-16)9-15(24)19-14-8-11(17)6-7-13(14)18/h2-8H,9H2,1H3,(H,19,24). The Bertz CT molecular complexity index is 894. The summed E-state index contributed by atoms with van der Waals surface area (Å²) < 4.78 is 0. The van der Waals surface area contributed by atoms with E-state index in [1.165, 1.54) is 4.80 Å². The number of hydrogen-bond donors (Lipinski definition) is 1. The van der Waals surface area contributed by atoms with Gasteiger partial charge in [0.25, 0.3) is 0 Å². The van der Waals surface area contributed by atoms with E-state index in [-0.39, 0.29) is 12.5 Å². The lowest BCUT2D eigenvalue weighted by molar-refractivity contribution is -0.117.